The van der Waals surface area contributed by atoms with Gasteiger partial charge in [0.25, 0.3) is 0 Å². The van der Waals surface area contributed by atoms with Crippen molar-refractivity contribution in [2.45, 2.75) is 25.0 Å². The molecule has 0 amide bonds. The van der Waals surface area contributed by atoms with Crippen LogP contribution in [-0.4, -0.2) is 0 Å². The van der Waals surface area contributed by atoms with Crippen LogP contribution in [0, 0.1) is 20.8 Å². The highest BCUT2D eigenvalue weighted by Crippen LogP contribution is 2.43. The molecule has 1 aromatic carbocycles. The minimum atomic E-state index is 1.06. The predicted octanol–water partition coefficient (Wildman–Crippen LogP) is 8.09. The highest BCUT2D eigenvalue weighted by atomic mass is 32.2. The summed E-state index contributed by atoms with van der Waals surface area (Å²) in [5.74, 6) is 0. The van der Waals surface area contributed by atoms with E-state index in [0.29, 0.717) is 0 Å². The second-order valence-electron chi connectivity index (χ2n) is 6.24. The molecule has 3 aromatic heterocycles. The lowest BCUT2D eigenvalue weighted by Crippen LogP contribution is -1.87. The molecule has 0 saturated heterocycles. The highest BCUT2D eigenvalue weighted by Gasteiger charge is 2.12. The van der Waals surface area contributed by atoms with E-state index in [2.05, 4.69) is 81.9 Å². The Balaban J connectivity index is 1.70. The Hall–Kier alpha value is -1.33. The van der Waals surface area contributed by atoms with Crippen LogP contribution in [0.25, 0.3) is 29.9 Å². The van der Waals surface area contributed by atoms with E-state index in [4.69, 9.17) is 0 Å². The van der Waals surface area contributed by atoms with Crippen LogP contribution in [-0.2, 0) is 0 Å². The summed E-state index contributed by atoms with van der Waals surface area (Å²) in [5.41, 5.74) is 5.44. The van der Waals surface area contributed by atoms with Gasteiger partial charge in [-0.15, -0.1) is 46.6 Å². The maximum Gasteiger partial charge on any atom is 0.0574 e. The Morgan fingerprint density at radius 3 is 1.56 bits per heavy atom. The maximum atomic E-state index is 4.43. The van der Waals surface area contributed by atoms with Gasteiger partial charge in [0.05, 0.1) is 4.21 Å². The fraction of sp³-hybridized carbons (Fsp3) is 0.143. The maximum absolute atomic E-state index is 4.43. The first-order valence-electron chi connectivity index (χ1n) is 8.09. The Kier molecular flexibility index (Phi) is 4.63. The Labute approximate surface area is 166 Å². The van der Waals surface area contributed by atoms with Crippen molar-refractivity contribution in [2.24, 2.45) is 0 Å². The summed E-state index contributed by atoms with van der Waals surface area (Å²) in [5, 5.41) is 0. The molecule has 0 radical (unpaired) electrons. The van der Waals surface area contributed by atoms with Gasteiger partial charge in [-0.05, 0) is 73.9 Å². The number of aryl methyl sites for hydroxylation is 3. The summed E-state index contributed by atoms with van der Waals surface area (Å²) in [6.07, 6.45) is 0. The number of benzene rings is 1. The zero-order valence-corrected chi connectivity index (χ0v) is 17.6. The molecule has 0 saturated carbocycles. The average molecular weight is 399 g/mol. The summed E-state index contributed by atoms with van der Waals surface area (Å²) < 4.78 is 1.06. The monoisotopic (exact) mass is 398 g/mol. The van der Waals surface area contributed by atoms with E-state index in [-0.39, 0.29) is 0 Å². The fourth-order valence-corrected chi connectivity index (χ4v) is 6.72. The van der Waals surface area contributed by atoms with Crippen LogP contribution >= 0.6 is 46.6 Å². The topological polar surface area (TPSA) is 0 Å². The van der Waals surface area contributed by atoms with E-state index in [1.807, 2.05) is 22.7 Å². The van der Waals surface area contributed by atoms with E-state index in [1.165, 1.54) is 46.6 Å². The molecule has 0 spiro atoms. The van der Waals surface area contributed by atoms with Crippen LogP contribution in [0.5, 0.6) is 0 Å². The summed E-state index contributed by atoms with van der Waals surface area (Å²) in [6, 6.07) is 17.8. The molecule has 25 heavy (non-hydrogen) atoms. The molecule has 0 aliphatic rings. The highest BCUT2D eigenvalue weighted by molar-refractivity contribution is 7.83. The standard InChI is InChI=1S/C21H18S4/c1-12-10-13(2)21(14(3)11-12)19-7-6-16(24-19)15-4-5-17(23-15)18-8-9-20(22)25-18/h4-11,22H,1-3H3. The number of rotatable bonds is 3. The van der Waals surface area contributed by atoms with Gasteiger partial charge in [0.15, 0.2) is 0 Å². The first kappa shape index (κ1) is 17.1. The van der Waals surface area contributed by atoms with Gasteiger partial charge in [0, 0.05) is 24.4 Å². The predicted molar refractivity (Wildman–Crippen MR) is 118 cm³/mol. The third kappa shape index (κ3) is 3.36. The van der Waals surface area contributed by atoms with Crippen molar-refractivity contribution >= 4 is 46.6 Å². The molecule has 4 rings (SSSR count). The minimum absolute atomic E-state index is 1.06. The molecule has 4 aromatic rings. The quantitative estimate of drug-likeness (QED) is 0.331. The van der Waals surface area contributed by atoms with E-state index in [9.17, 15) is 0 Å². The molecule has 126 valence electrons. The fourth-order valence-electron chi connectivity index (χ4n) is 3.24. The van der Waals surface area contributed by atoms with Gasteiger partial charge in [-0.1, -0.05) is 17.7 Å². The van der Waals surface area contributed by atoms with Crippen LogP contribution < -0.4 is 0 Å². The van der Waals surface area contributed by atoms with Gasteiger partial charge in [0.1, 0.15) is 0 Å². The summed E-state index contributed by atoms with van der Waals surface area (Å²) in [4.78, 5) is 6.64. The van der Waals surface area contributed by atoms with E-state index in [1.54, 1.807) is 11.3 Å². The second-order valence-corrected chi connectivity index (χ2v) is 10.3. The van der Waals surface area contributed by atoms with Gasteiger partial charge in [-0.25, -0.2) is 0 Å². The number of thiol groups is 1. The average Bonchev–Trinajstić information content (AvgIpc) is 3.25. The van der Waals surface area contributed by atoms with Crippen molar-refractivity contribution in [2.75, 3.05) is 0 Å². The zero-order valence-electron chi connectivity index (χ0n) is 14.3. The molecular formula is C21H18S4. The second kappa shape index (κ2) is 6.76. The SMILES string of the molecule is Cc1cc(C)c(-c2ccc(-c3ccc(-c4ccc(S)s4)s3)s2)c(C)c1. The number of hydrogen-bond donors (Lipinski definition) is 1. The number of hydrogen-bond acceptors (Lipinski definition) is 4. The molecule has 0 aliphatic heterocycles. The lowest BCUT2D eigenvalue weighted by Gasteiger charge is -2.09. The molecule has 0 nitrogen and oxygen atoms in total. The minimum Gasteiger partial charge on any atom is -0.134 e. The van der Waals surface area contributed by atoms with Gasteiger partial charge in [-0.2, -0.15) is 0 Å². The van der Waals surface area contributed by atoms with Crippen LogP contribution in [0.2, 0.25) is 0 Å². The molecule has 0 unspecified atom stereocenters. The van der Waals surface area contributed by atoms with Crippen LogP contribution in [0.1, 0.15) is 16.7 Å². The molecule has 3 heterocycles. The Morgan fingerprint density at radius 1 is 0.600 bits per heavy atom. The third-order valence-electron chi connectivity index (χ3n) is 4.21. The van der Waals surface area contributed by atoms with Crippen LogP contribution in [0.4, 0.5) is 0 Å². The molecule has 4 heteroatoms. The van der Waals surface area contributed by atoms with Crippen molar-refractivity contribution in [1.82, 2.24) is 0 Å². The van der Waals surface area contributed by atoms with Crippen molar-refractivity contribution in [3.05, 3.63) is 65.2 Å². The molecule has 0 fully saturated rings. The molecule has 0 N–H and O–H groups in total. The van der Waals surface area contributed by atoms with Gasteiger partial charge in [0.2, 0.25) is 0 Å². The van der Waals surface area contributed by atoms with Crippen molar-refractivity contribution in [1.29, 1.82) is 0 Å². The van der Waals surface area contributed by atoms with Crippen molar-refractivity contribution < 1.29 is 0 Å². The molecule has 0 aliphatic carbocycles. The van der Waals surface area contributed by atoms with Crippen LogP contribution in [0.15, 0.2) is 52.7 Å². The third-order valence-corrected chi connectivity index (χ3v) is 8.10. The van der Waals surface area contributed by atoms with Crippen molar-refractivity contribution in [3.8, 4) is 29.9 Å². The van der Waals surface area contributed by atoms with Crippen molar-refractivity contribution in [3.63, 3.8) is 0 Å². The Morgan fingerprint density at radius 2 is 1.04 bits per heavy atom. The smallest absolute Gasteiger partial charge is 0.0574 e. The first-order valence-corrected chi connectivity index (χ1v) is 11.0. The summed E-state index contributed by atoms with van der Waals surface area (Å²) in [7, 11) is 0. The van der Waals surface area contributed by atoms with E-state index < -0.39 is 0 Å². The first-order chi connectivity index (χ1) is 12.0. The normalized spacial score (nSPS) is 11.2. The van der Waals surface area contributed by atoms with E-state index in [0.717, 1.165) is 4.21 Å². The lowest BCUT2D eigenvalue weighted by atomic mass is 9.99. The molecular weight excluding hydrogens is 380 g/mol. The molecule has 0 bridgehead atoms. The van der Waals surface area contributed by atoms with Gasteiger partial charge < -0.3 is 0 Å². The van der Waals surface area contributed by atoms with Crippen LogP contribution in [0.3, 0.4) is 0 Å². The Bertz CT molecular complexity index is 1020. The van der Waals surface area contributed by atoms with Gasteiger partial charge in [-0.3, -0.25) is 0 Å². The zero-order chi connectivity index (χ0) is 17.6. The largest absolute Gasteiger partial charge is 0.134 e. The van der Waals surface area contributed by atoms with E-state index >= 15 is 0 Å². The summed E-state index contributed by atoms with van der Waals surface area (Å²) >= 11 is 9.91. The number of thiophene rings is 3. The van der Waals surface area contributed by atoms with Gasteiger partial charge >= 0.3 is 0 Å². The lowest BCUT2D eigenvalue weighted by molar-refractivity contribution is 1.33. The summed E-state index contributed by atoms with van der Waals surface area (Å²) in [6.45, 7) is 6.59. The molecule has 0 atom stereocenters.